The van der Waals surface area contributed by atoms with Gasteiger partial charge in [-0.1, -0.05) is 24.5 Å². The Morgan fingerprint density at radius 3 is 2.59 bits per heavy atom. The van der Waals surface area contributed by atoms with Crippen LogP contribution in [0.25, 0.3) is 0 Å². The lowest BCUT2D eigenvalue weighted by Crippen LogP contribution is -2.19. The van der Waals surface area contributed by atoms with E-state index >= 15 is 0 Å². The summed E-state index contributed by atoms with van der Waals surface area (Å²) in [5.74, 6) is 7.29. The van der Waals surface area contributed by atoms with Crippen LogP contribution in [-0.2, 0) is 0 Å². The van der Waals surface area contributed by atoms with Crippen LogP contribution in [-0.4, -0.2) is 18.0 Å². The van der Waals surface area contributed by atoms with Gasteiger partial charge in [0.05, 0.1) is 0 Å². The Hall–Kier alpha value is -1.16. The van der Waals surface area contributed by atoms with Crippen molar-refractivity contribution in [3.05, 3.63) is 23.4 Å². The van der Waals surface area contributed by atoms with Crippen molar-refractivity contribution >= 4 is 0 Å². The van der Waals surface area contributed by atoms with Crippen LogP contribution in [0.15, 0.2) is 23.4 Å². The van der Waals surface area contributed by atoms with E-state index in [2.05, 4.69) is 56.6 Å². The summed E-state index contributed by atoms with van der Waals surface area (Å²) in [6.07, 6.45) is 5.78. The molecular weight excluding hydrogens is 206 g/mol. The molecule has 0 amide bonds. The molecule has 1 fully saturated rings. The molecule has 0 saturated carbocycles. The van der Waals surface area contributed by atoms with Gasteiger partial charge in [0.25, 0.3) is 0 Å². The van der Waals surface area contributed by atoms with E-state index in [1.54, 1.807) is 0 Å². The maximum atomic E-state index is 3.16. The van der Waals surface area contributed by atoms with Gasteiger partial charge in [0.1, 0.15) is 0 Å². The molecule has 0 aromatic rings. The van der Waals surface area contributed by atoms with Gasteiger partial charge < -0.3 is 4.90 Å². The van der Waals surface area contributed by atoms with Crippen molar-refractivity contribution in [1.82, 2.24) is 4.90 Å². The van der Waals surface area contributed by atoms with Crippen LogP contribution in [0.2, 0.25) is 0 Å². The minimum absolute atomic E-state index is 0.342. The largest absolute Gasteiger partial charge is 0.371 e. The third-order valence-corrected chi connectivity index (χ3v) is 3.19. The molecule has 1 heterocycles. The minimum Gasteiger partial charge on any atom is -0.371 e. The SMILES string of the molecule is CC#CC(C)/C=C\C(=C(C)C)N1CC[C@H](C)C1. The van der Waals surface area contributed by atoms with Crippen molar-refractivity contribution in [2.45, 2.75) is 41.0 Å². The first-order valence-corrected chi connectivity index (χ1v) is 6.57. The molecule has 0 aromatic carbocycles. The maximum absolute atomic E-state index is 3.16. The van der Waals surface area contributed by atoms with Crippen LogP contribution in [0.4, 0.5) is 0 Å². The summed E-state index contributed by atoms with van der Waals surface area (Å²) >= 11 is 0. The first-order chi connectivity index (χ1) is 8.04. The molecule has 17 heavy (non-hydrogen) atoms. The van der Waals surface area contributed by atoms with Crippen molar-refractivity contribution in [3.8, 4) is 11.8 Å². The molecule has 2 atom stereocenters. The van der Waals surface area contributed by atoms with Gasteiger partial charge in [-0.15, -0.1) is 5.92 Å². The highest BCUT2D eigenvalue weighted by Crippen LogP contribution is 2.23. The van der Waals surface area contributed by atoms with Gasteiger partial charge in [0, 0.05) is 24.7 Å². The molecule has 94 valence electrons. The Labute approximate surface area is 107 Å². The van der Waals surface area contributed by atoms with Gasteiger partial charge in [-0.05, 0) is 46.1 Å². The van der Waals surface area contributed by atoms with Gasteiger partial charge in [0.15, 0.2) is 0 Å². The fraction of sp³-hybridized carbons (Fsp3) is 0.625. The third-order valence-electron chi connectivity index (χ3n) is 3.19. The normalized spacial score (nSPS) is 21.2. The summed E-state index contributed by atoms with van der Waals surface area (Å²) in [6.45, 7) is 13.1. The van der Waals surface area contributed by atoms with Crippen LogP contribution < -0.4 is 0 Å². The zero-order valence-corrected chi connectivity index (χ0v) is 11.9. The van der Waals surface area contributed by atoms with Crippen LogP contribution in [0.3, 0.4) is 0 Å². The van der Waals surface area contributed by atoms with Gasteiger partial charge >= 0.3 is 0 Å². The van der Waals surface area contributed by atoms with Crippen molar-refractivity contribution in [2.75, 3.05) is 13.1 Å². The summed E-state index contributed by atoms with van der Waals surface area (Å²) in [5, 5.41) is 0. The molecule has 1 aliphatic heterocycles. The molecule has 0 aromatic heterocycles. The molecular formula is C16H25N. The minimum atomic E-state index is 0.342. The second-order valence-electron chi connectivity index (χ2n) is 5.27. The second kappa shape index (κ2) is 6.55. The van der Waals surface area contributed by atoms with E-state index in [0.717, 1.165) is 5.92 Å². The van der Waals surface area contributed by atoms with E-state index < -0.39 is 0 Å². The zero-order chi connectivity index (χ0) is 12.8. The quantitative estimate of drug-likeness (QED) is 0.527. The molecule has 0 N–H and O–H groups in total. The lowest BCUT2D eigenvalue weighted by molar-refractivity contribution is 0.418. The Balaban J connectivity index is 2.74. The first-order valence-electron chi connectivity index (χ1n) is 6.57. The van der Waals surface area contributed by atoms with Crippen molar-refractivity contribution in [1.29, 1.82) is 0 Å². The predicted octanol–water partition coefficient (Wildman–Crippen LogP) is 3.84. The molecule has 0 spiro atoms. The average molecular weight is 231 g/mol. The highest BCUT2D eigenvalue weighted by atomic mass is 15.2. The highest BCUT2D eigenvalue weighted by Gasteiger charge is 2.19. The van der Waals surface area contributed by atoms with E-state index in [4.69, 9.17) is 0 Å². The Kier molecular flexibility index (Phi) is 5.35. The summed E-state index contributed by atoms with van der Waals surface area (Å²) in [4.78, 5) is 2.50. The highest BCUT2D eigenvalue weighted by molar-refractivity contribution is 5.25. The molecule has 0 radical (unpaired) electrons. The molecule has 1 heteroatoms. The fourth-order valence-electron chi connectivity index (χ4n) is 2.25. The topological polar surface area (TPSA) is 3.24 Å². The summed E-state index contributed by atoms with van der Waals surface area (Å²) in [7, 11) is 0. The van der Waals surface area contributed by atoms with Gasteiger partial charge in [-0.3, -0.25) is 0 Å². The summed E-state index contributed by atoms with van der Waals surface area (Å²) < 4.78 is 0. The van der Waals surface area contributed by atoms with Crippen molar-refractivity contribution < 1.29 is 0 Å². The van der Waals surface area contributed by atoms with Crippen LogP contribution in [0.5, 0.6) is 0 Å². The molecule has 0 aliphatic carbocycles. The molecule has 1 saturated heterocycles. The standard InChI is InChI=1S/C16H25N/c1-6-7-14(4)8-9-16(13(2)3)17-11-10-15(5)12-17/h8-9,14-15H,10-12H2,1-5H3/b9-8-/t14?,15-/m0/s1. The van der Waals surface area contributed by atoms with Crippen LogP contribution in [0.1, 0.15) is 41.0 Å². The number of likely N-dealkylation sites (tertiary alicyclic amines) is 1. The number of allylic oxidation sites excluding steroid dienone is 3. The first kappa shape index (κ1) is 13.9. The molecule has 1 aliphatic rings. The molecule has 1 nitrogen and oxygen atoms in total. The van der Waals surface area contributed by atoms with Crippen molar-refractivity contribution in [2.24, 2.45) is 11.8 Å². The van der Waals surface area contributed by atoms with Crippen LogP contribution in [0, 0.1) is 23.7 Å². The van der Waals surface area contributed by atoms with Crippen molar-refractivity contribution in [3.63, 3.8) is 0 Å². The molecule has 1 rings (SSSR count). The molecule has 1 unspecified atom stereocenters. The van der Waals surface area contributed by atoms with Gasteiger partial charge in [-0.25, -0.2) is 0 Å². The van der Waals surface area contributed by atoms with E-state index in [-0.39, 0.29) is 0 Å². The van der Waals surface area contributed by atoms with E-state index in [9.17, 15) is 0 Å². The number of rotatable bonds is 3. The van der Waals surface area contributed by atoms with E-state index in [1.165, 1.54) is 30.8 Å². The Morgan fingerprint density at radius 2 is 2.12 bits per heavy atom. The predicted molar refractivity (Wildman–Crippen MR) is 75.5 cm³/mol. The van der Waals surface area contributed by atoms with Gasteiger partial charge in [-0.2, -0.15) is 0 Å². The second-order valence-corrected chi connectivity index (χ2v) is 5.27. The van der Waals surface area contributed by atoms with Crippen LogP contribution >= 0.6 is 0 Å². The van der Waals surface area contributed by atoms with E-state index in [1.807, 2.05) is 6.92 Å². The fourth-order valence-corrected chi connectivity index (χ4v) is 2.25. The smallest absolute Gasteiger partial charge is 0.0358 e. The average Bonchev–Trinajstić information content (AvgIpc) is 2.65. The van der Waals surface area contributed by atoms with E-state index in [0.29, 0.717) is 5.92 Å². The summed E-state index contributed by atoms with van der Waals surface area (Å²) in [5.41, 5.74) is 2.78. The zero-order valence-electron chi connectivity index (χ0n) is 11.9. The Morgan fingerprint density at radius 1 is 1.41 bits per heavy atom. The maximum Gasteiger partial charge on any atom is 0.0358 e. The summed E-state index contributed by atoms with van der Waals surface area (Å²) in [6, 6.07) is 0. The van der Waals surface area contributed by atoms with Gasteiger partial charge in [0.2, 0.25) is 0 Å². The Bertz CT molecular complexity index is 361. The number of nitrogens with zero attached hydrogens (tertiary/aromatic N) is 1. The number of hydrogen-bond donors (Lipinski definition) is 0. The lowest BCUT2D eigenvalue weighted by Gasteiger charge is -2.21. The monoisotopic (exact) mass is 231 g/mol. The third kappa shape index (κ3) is 4.30. The number of hydrogen-bond acceptors (Lipinski definition) is 1. The lowest BCUT2D eigenvalue weighted by atomic mass is 10.1. The molecule has 0 bridgehead atoms.